The summed E-state index contributed by atoms with van der Waals surface area (Å²) in [4.78, 5) is 35.5. The number of phosphoric acid groups is 1. The zero-order valence-electron chi connectivity index (χ0n) is 36.4. The van der Waals surface area contributed by atoms with Crippen molar-refractivity contribution in [3.8, 4) is 0 Å². The molecule has 1 unspecified atom stereocenters. The highest BCUT2D eigenvalue weighted by molar-refractivity contribution is 7.47. The normalized spacial score (nSPS) is 20.9. The number of quaternary nitrogens is 1. The monoisotopic (exact) mass is 833 g/mol. The van der Waals surface area contributed by atoms with E-state index in [9.17, 15) is 34.4 Å². The van der Waals surface area contributed by atoms with Gasteiger partial charge in [-0.2, -0.15) is 0 Å². The van der Waals surface area contributed by atoms with Gasteiger partial charge in [0.2, 0.25) is 0 Å². The lowest BCUT2D eigenvalue weighted by Gasteiger charge is -2.24. The van der Waals surface area contributed by atoms with Gasteiger partial charge in [0.05, 0.1) is 46.1 Å². The number of carbonyl (C=O) groups excluding carboxylic acids is 2. The predicted octanol–water partition coefficient (Wildman–Crippen LogP) is 8.73. The molecule has 1 saturated carbocycles. The molecule has 12 nitrogen and oxygen atoms in total. The number of hydrogen-bond donors (Lipinski definition) is 4. The van der Waals surface area contributed by atoms with Crippen LogP contribution in [0.3, 0.4) is 0 Å². The van der Waals surface area contributed by atoms with Crippen molar-refractivity contribution in [2.45, 2.75) is 186 Å². The highest BCUT2D eigenvalue weighted by Crippen LogP contribution is 2.43. The Labute approximate surface area is 346 Å². The number of likely N-dealkylation sites (N-methyl/N-ethyl adjacent to an activating group) is 1. The van der Waals surface area contributed by atoms with Crippen LogP contribution in [0, 0.1) is 11.8 Å². The summed E-state index contributed by atoms with van der Waals surface area (Å²) in [6.07, 6.45) is 26.0. The van der Waals surface area contributed by atoms with E-state index in [0.29, 0.717) is 49.6 Å². The van der Waals surface area contributed by atoms with Gasteiger partial charge >= 0.3 is 19.8 Å². The van der Waals surface area contributed by atoms with Crippen LogP contribution in [0.25, 0.3) is 0 Å². The molecule has 1 rings (SSSR count). The van der Waals surface area contributed by atoms with Gasteiger partial charge in [0.1, 0.15) is 19.8 Å². The maximum atomic E-state index is 12.7. The van der Waals surface area contributed by atoms with Crippen LogP contribution in [0.1, 0.15) is 162 Å². The largest absolute Gasteiger partial charge is 0.472 e. The summed E-state index contributed by atoms with van der Waals surface area (Å²) in [5.41, 5.74) is 0. The van der Waals surface area contributed by atoms with Crippen molar-refractivity contribution in [3.05, 3.63) is 24.3 Å². The van der Waals surface area contributed by atoms with Crippen molar-refractivity contribution in [1.29, 1.82) is 0 Å². The second-order valence-electron chi connectivity index (χ2n) is 17.1. The second kappa shape index (κ2) is 32.2. The number of nitrogens with zero attached hydrogens (tertiary/aromatic N) is 1. The molecular formula is C44H83NO11P+. The average molecular weight is 833 g/mol. The Morgan fingerprint density at radius 2 is 1.33 bits per heavy atom. The van der Waals surface area contributed by atoms with E-state index in [1.54, 1.807) is 6.08 Å². The van der Waals surface area contributed by atoms with Gasteiger partial charge in [-0.05, 0) is 38.0 Å². The minimum Gasteiger partial charge on any atom is -0.462 e. The van der Waals surface area contributed by atoms with E-state index in [1.807, 2.05) is 39.4 Å². The fourth-order valence-corrected chi connectivity index (χ4v) is 7.69. The SMILES string of the molecule is CCCCCCCCCCCCCCCC(=O)O[C@H](COC(=O)CCC/C=C/C[C@@H]1[C@@H](/C=C/[C@@H](O)CCCCC)[C@H](O)C[C@@H]1O)COP(=O)(O)OCC[N+](C)(C)C. The number of allylic oxidation sites excluding steroid dienone is 2. The standard InChI is InChI=1S/C44H82NO11P/c1-6-8-10-11-12-13-14-15-16-17-18-19-25-29-44(50)56-38(36-55-57(51,52)54-33-32-45(3,4)5)35-53-43(49)28-24-21-20-23-27-39-40(42(48)34-41(39)47)31-30-37(46)26-22-9-7-2/h20,23,30-31,37-42,46-48H,6-19,21-22,24-29,32-36H2,1-5H3/p+1/b23-20+,31-30+/t37-,38+,39+,40+,41-,42+/m0/s1. The van der Waals surface area contributed by atoms with Gasteiger partial charge in [0.15, 0.2) is 6.10 Å². The molecule has 13 heteroatoms. The van der Waals surface area contributed by atoms with E-state index < -0.39 is 50.8 Å². The molecule has 0 radical (unpaired) electrons. The second-order valence-corrected chi connectivity index (χ2v) is 18.5. The van der Waals surface area contributed by atoms with Crippen LogP contribution in [0.4, 0.5) is 0 Å². The number of phosphoric ester groups is 1. The van der Waals surface area contributed by atoms with Crippen molar-refractivity contribution < 1.29 is 57.4 Å². The highest BCUT2D eigenvalue weighted by Gasteiger charge is 2.39. The molecule has 0 heterocycles. The lowest BCUT2D eigenvalue weighted by molar-refractivity contribution is -0.870. The molecule has 0 aliphatic heterocycles. The Balaban J connectivity index is 2.51. The van der Waals surface area contributed by atoms with E-state index in [4.69, 9.17) is 18.5 Å². The highest BCUT2D eigenvalue weighted by atomic mass is 31.2. The third kappa shape index (κ3) is 29.3. The van der Waals surface area contributed by atoms with Crippen molar-refractivity contribution in [3.63, 3.8) is 0 Å². The summed E-state index contributed by atoms with van der Waals surface area (Å²) >= 11 is 0. The number of ether oxygens (including phenoxy) is 2. The summed E-state index contributed by atoms with van der Waals surface area (Å²) < 4.78 is 34.2. The zero-order chi connectivity index (χ0) is 42.4. The summed E-state index contributed by atoms with van der Waals surface area (Å²) in [5.74, 6) is -1.38. The predicted molar refractivity (Wildman–Crippen MR) is 226 cm³/mol. The van der Waals surface area contributed by atoms with Gasteiger partial charge in [0.25, 0.3) is 0 Å². The first-order valence-corrected chi connectivity index (χ1v) is 23.8. The van der Waals surface area contributed by atoms with Gasteiger partial charge in [-0.3, -0.25) is 18.6 Å². The quantitative estimate of drug-likeness (QED) is 0.0157. The number of esters is 2. The van der Waals surface area contributed by atoms with Crippen LogP contribution in [-0.2, 0) is 32.7 Å². The number of aliphatic hydroxyl groups is 3. The molecule has 4 N–H and O–H groups in total. The third-order valence-electron chi connectivity index (χ3n) is 10.6. The van der Waals surface area contributed by atoms with Gasteiger partial charge in [-0.25, -0.2) is 4.57 Å². The number of unbranched alkanes of at least 4 members (excludes halogenated alkanes) is 15. The van der Waals surface area contributed by atoms with Crippen molar-refractivity contribution in [2.24, 2.45) is 11.8 Å². The fourth-order valence-electron chi connectivity index (χ4n) is 6.95. The molecule has 0 aromatic heterocycles. The first-order valence-electron chi connectivity index (χ1n) is 22.3. The summed E-state index contributed by atoms with van der Waals surface area (Å²) in [6, 6.07) is 0. The molecule has 57 heavy (non-hydrogen) atoms. The first kappa shape index (κ1) is 53.4. The van der Waals surface area contributed by atoms with Gasteiger partial charge in [-0.15, -0.1) is 0 Å². The number of hydrogen-bond acceptors (Lipinski definition) is 10. The lowest BCUT2D eigenvalue weighted by Crippen LogP contribution is -2.37. The molecule has 1 aliphatic carbocycles. The van der Waals surface area contributed by atoms with Crippen LogP contribution < -0.4 is 0 Å². The van der Waals surface area contributed by atoms with E-state index in [1.165, 1.54) is 57.8 Å². The van der Waals surface area contributed by atoms with Gasteiger partial charge in [0, 0.05) is 25.2 Å². The molecule has 0 aromatic rings. The van der Waals surface area contributed by atoms with Crippen LogP contribution in [0.2, 0.25) is 0 Å². The molecule has 7 atom stereocenters. The topological polar surface area (TPSA) is 169 Å². The van der Waals surface area contributed by atoms with E-state index in [2.05, 4.69) is 13.8 Å². The minimum absolute atomic E-state index is 0.00560. The van der Waals surface area contributed by atoms with Crippen LogP contribution in [0.15, 0.2) is 24.3 Å². The number of carbonyl (C=O) groups is 2. The van der Waals surface area contributed by atoms with Crippen molar-refractivity contribution in [2.75, 3.05) is 47.5 Å². The Hall–Kier alpha value is -1.63. The minimum atomic E-state index is -4.43. The Kier molecular flexibility index (Phi) is 30.1. The maximum absolute atomic E-state index is 12.7. The zero-order valence-corrected chi connectivity index (χ0v) is 37.3. The van der Waals surface area contributed by atoms with Gasteiger partial charge < -0.3 is 34.2 Å². The maximum Gasteiger partial charge on any atom is 0.472 e. The molecule has 0 amide bonds. The fraction of sp³-hybridized carbons (Fsp3) is 0.864. The molecule has 1 fully saturated rings. The molecule has 334 valence electrons. The van der Waals surface area contributed by atoms with E-state index in [0.717, 1.165) is 38.5 Å². The Morgan fingerprint density at radius 3 is 1.95 bits per heavy atom. The first-order chi connectivity index (χ1) is 27.2. The van der Waals surface area contributed by atoms with Crippen LogP contribution >= 0.6 is 7.82 Å². The molecule has 0 saturated heterocycles. The third-order valence-corrected chi connectivity index (χ3v) is 11.5. The van der Waals surface area contributed by atoms with E-state index >= 15 is 0 Å². The summed E-state index contributed by atoms with van der Waals surface area (Å²) in [6.45, 7) is 4.04. The Morgan fingerprint density at radius 1 is 0.754 bits per heavy atom. The van der Waals surface area contributed by atoms with Crippen molar-refractivity contribution in [1.82, 2.24) is 0 Å². The van der Waals surface area contributed by atoms with Crippen LogP contribution in [-0.4, -0.2) is 109 Å². The van der Waals surface area contributed by atoms with E-state index in [-0.39, 0.29) is 37.9 Å². The van der Waals surface area contributed by atoms with Crippen LogP contribution in [0.5, 0.6) is 0 Å². The molecule has 0 aromatic carbocycles. The summed E-state index contributed by atoms with van der Waals surface area (Å²) in [7, 11) is 1.35. The number of rotatable bonds is 36. The van der Waals surface area contributed by atoms with Crippen molar-refractivity contribution >= 4 is 19.8 Å². The molecular weight excluding hydrogens is 749 g/mol. The number of aliphatic hydroxyl groups excluding tert-OH is 3. The smallest absolute Gasteiger partial charge is 0.462 e. The van der Waals surface area contributed by atoms with Gasteiger partial charge in [-0.1, -0.05) is 134 Å². The molecule has 0 spiro atoms. The molecule has 1 aliphatic rings. The Bertz CT molecular complexity index is 1140. The lowest BCUT2D eigenvalue weighted by atomic mass is 9.89. The summed E-state index contributed by atoms with van der Waals surface area (Å²) in [5, 5.41) is 31.3. The molecule has 0 bridgehead atoms. The average Bonchev–Trinajstić information content (AvgIpc) is 3.41.